The van der Waals surface area contributed by atoms with Gasteiger partial charge < -0.3 is 9.88 Å². The molecule has 1 N–H and O–H groups in total. The molecule has 1 aliphatic heterocycles. The number of hydrogen-bond acceptors (Lipinski definition) is 3. The van der Waals surface area contributed by atoms with Crippen molar-refractivity contribution in [3.63, 3.8) is 0 Å². The highest BCUT2D eigenvalue weighted by molar-refractivity contribution is 5.97. The van der Waals surface area contributed by atoms with Gasteiger partial charge in [0.25, 0.3) is 5.91 Å². The Bertz CT molecular complexity index is 1120. The van der Waals surface area contributed by atoms with E-state index in [2.05, 4.69) is 27.1 Å². The van der Waals surface area contributed by atoms with Crippen LogP contribution < -0.4 is 0 Å². The second-order valence-electron chi connectivity index (χ2n) is 6.36. The molecule has 0 bridgehead atoms. The predicted octanol–water partition coefficient (Wildman–Crippen LogP) is 3.31. The molecule has 0 saturated heterocycles. The summed E-state index contributed by atoms with van der Waals surface area (Å²) in [5.74, 6) is 0.0449. The van der Waals surface area contributed by atoms with Gasteiger partial charge >= 0.3 is 0 Å². The van der Waals surface area contributed by atoms with Crippen LogP contribution in [0, 0.1) is 0 Å². The maximum absolute atomic E-state index is 13.0. The van der Waals surface area contributed by atoms with Gasteiger partial charge in [-0.3, -0.25) is 14.8 Å². The first kappa shape index (κ1) is 14.2. The fraction of sp³-hybridized carbons (Fsp3) is 0.150. The molecule has 3 heterocycles. The van der Waals surface area contributed by atoms with E-state index in [-0.39, 0.29) is 5.91 Å². The van der Waals surface area contributed by atoms with Gasteiger partial charge in [-0.25, -0.2) is 0 Å². The lowest BCUT2D eigenvalue weighted by atomic mass is 10.0. The topological polar surface area (TPSA) is 61.9 Å². The van der Waals surface area contributed by atoms with Crippen LogP contribution in [0.2, 0.25) is 0 Å². The van der Waals surface area contributed by atoms with E-state index in [0.29, 0.717) is 12.1 Å². The van der Waals surface area contributed by atoms with Gasteiger partial charge in [0.2, 0.25) is 0 Å². The quantitative estimate of drug-likeness (QED) is 0.583. The minimum Gasteiger partial charge on any atom is -0.358 e. The standard InChI is InChI=1S/C20H16N4O/c25-20(13-5-6-18-19(11-13)22-9-8-21-18)24-10-7-17-15(12-24)14-3-1-2-4-16(14)23-17/h1-6,8-9,11,23H,7,10,12H2. The van der Waals surface area contributed by atoms with Crippen molar-refractivity contribution in [2.75, 3.05) is 6.54 Å². The summed E-state index contributed by atoms with van der Waals surface area (Å²) < 4.78 is 0. The zero-order chi connectivity index (χ0) is 16.8. The molecule has 25 heavy (non-hydrogen) atoms. The van der Waals surface area contributed by atoms with Gasteiger partial charge in [0, 0.05) is 59.6 Å². The number of para-hydroxylation sites is 1. The predicted molar refractivity (Wildman–Crippen MR) is 96.3 cm³/mol. The first-order valence-electron chi connectivity index (χ1n) is 8.38. The molecule has 1 aliphatic rings. The van der Waals surface area contributed by atoms with E-state index >= 15 is 0 Å². The summed E-state index contributed by atoms with van der Waals surface area (Å²) in [6.45, 7) is 1.36. The number of carbonyl (C=O) groups is 1. The van der Waals surface area contributed by atoms with Crippen molar-refractivity contribution in [2.45, 2.75) is 13.0 Å². The lowest BCUT2D eigenvalue weighted by Crippen LogP contribution is -2.35. The summed E-state index contributed by atoms with van der Waals surface area (Å²) in [5.41, 5.74) is 5.83. The first-order valence-corrected chi connectivity index (χ1v) is 8.38. The molecule has 0 atom stereocenters. The highest BCUT2D eigenvalue weighted by Crippen LogP contribution is 2.28. The molecule has 5 nitrogen and oxygen atoms in total. The largest absolute Gasteiger partial charge is 0.358 e. The van der Waals surface area contributed by atoms with Crippen molar-refractivity contribution in [1.82, 2.24) is 19.9 Å². The highest BCUT2D eigenvalue weighted by Gasteiger charge is 2.24. The number of rotatable bonds is 1. The molecular weight excluding hydrogens is 312 g/mol. The molecule has 2 aromatic carbocycles. The number of hydrogen-bond donors (Lipinski definition) is 1. The van der Waals surface area contributed by atoms with E-state index in [1.54, 1.807) is 12.4 Å². The molecule has 122 valence electrons. The van der Waals surface area contributed by atoms with E-state index in [9.17, 15) is 4.79 Å². The minimum atomic E-state index is 0.0449. The Morgan fingerprint density at radius 3 is 2.80 bits per heavy atom. The molecule has 0 radical (unpaired) electrons. The normalized spacial score (nSPS) is 14.0. The molecule has 0 aliphatic carbocycles. The molecule has 5 rings (SSSR count). The van der Waals surface area contributed by atoms with Crippen molar-refractivity contribution in [2.24, 2.45) is 0 Å². The highest BCUT2D eigenvalue weighted by atomic mass is 16.2. The van der Waals surface area contributed by atoms with Crippen LogP contribution in [0.4, 0.5) is 0 Å². The lowest BCUT2D eigenvalue weighted by Gasteiger charge is -2.27. The smallest absolute Gasteiger partial charge is 0.254 e. The van der Waals surface area contributed by atoms with Gasteiger partial charge in [-0.1, -0.05) is 18.2 Å². The Morgan fingerprint density at radius 2 is 1.88 bits per heavy atom. The summed E-state index contributed by atoms with van der Waals surface area (Å²) in [4.78, 5) is 26.9. The van der Waals surface area contributed by atoms with Crippen LogP contribution in [0.5, 0.6) is 0 Å². The lowest BCUT2D eigenvalue weighted by molar-refractivity contribution is 0.0735. The maximum Gasteiger partial charge on any atom is 0.254 e. The molecule has 5 heteroatoms. The fourth-order valence-corrected chi connectivity index (χ4v) is 3.62. The first-order chi connectivity index (χ1) is 12.3. The van der Waals surface area contributed by atoms with Crippen LogP contribution in [0.3, 0.4) is 0 Å². The monoisotopic (exact) mass is 328 g/mol. The number of carbonyl (C=O) groups excluding carboxylic acids is 1. The number of H-pyrrole nitrogens is 1. The van der Waals surface area contributed by atoms with Crippen molar-refractivity contribution in [1.29, 1.82) is 0 Å². The van der Waals surface area contributed by atoms with Gasteiger partial charge in [-0.2, -0.15) is 0 Å². The number of aromatic nitrogens is 3. The van der Waals surface area contributed by atoms with E-state index < -0.39 is 0 Å². The Balaban J connectivity index is 1.50. The number of benzene rings is 2. The molecule has 4 aromatic rings. The molecule has 0 saturated carbocycles. The number of aromatic amines is 1. The third-order valence-electron chi connectivity index (χ3n) is 4.89. The van der Waals surface area contributed by atoms with Crippen LogP contribution in [0.1, 0.15) is 21.6 Å². The van der Waals surface area contributed by atoms with Crippen LogP contribution in [-0.2, 0) is 13.0 Å². The molecule has 0 unspecified atom stereocenters. The Hall–Kier alpha value is -3.21. The van der Waals surface area contributed by atoms with Crippen LogP contribution >= 0.6 is 0 Å². The van der Waals surface area contributed by atoms with Crippen LogP contribution in [0.25, 0.3) is 21.9 Å². The van der Waals surface area contributed by atoms with Crippen molar-refractivity contribution in [3.05, 3.63) is 71.7 Å². The molecule has 2 aromatic heterocycles. The molecule has 0 fully saturated rings. The van der Waals surface area contributed by atoms with Gasteiger partial charge in [0.15, 0.2) is 0 Å². The SMILES string of the molecule is O=C(c1ccc2nccnc2c1)N1CCc2[nH]c3ccccc3c2C1. The Kier molecular flexibility index (Phi) is 3.06. The Labute approximate surface area is 144 Å². The van der Waals surface area contributed by atoms with Crippen molar-refractivity contribution >= 4 is 27.8 Å². The van der Waals surface area contributed by atoms with Crippen LogP contribution in [0.15, 0.2) is 54.9 Å². The second-order valence-corrected chi connectivity index (χ2v) is 6.36. The number of amides is 1. The summed E-state index contributed by atoms with van der Waals surface area (Å²) in [5, 5.41) is 1.21. The summed E-state index contributed by atoms with van der Waals surface area (Å²) in [6.07, 6.45) is 4.16. The van der Waals surface area contributed by atoms with Gasteiger partial charge in [0.1, 0.15) is 0 Å². The summed E-state index contributed by atoms with van der Waals surface area (Å²) in [6, 6.07) is 13.8. The van der Waals surface area contributed by atoms with Gasteiger partial charge in [-0.05, 0) is 24.3 Å². The molecule has 0 spiro atoms. The average molecular weight is 328 g/mol. The zero-order valence-corrected chi connectivity index (χ0v) is 13.6. The van der Waals surface area contributed by atoms with E-state index in [0.717, 1.165) is 29.5 Å². The minimum absolute atomic E-state index is 0.0449. The third kappa shape index (κ3) is 2.28. The third-order valence-corrected chi connectivity index (χ3v) is 4.89. The van der Waals surface area contributed by atoms with Crippen molar-refractivity contribution < 1.29 is 4.79 Å². The van der Waals surface area contributed by atoms with Gasteiger partial charge in [-0.15, -0.1) is 0 Å². The number of nitrogens with one attached hydrogen (secondary N) is 1. The Morgan fingerprint density at radius 1 is 1.04 bits per heavy atom. The summed E-state index contributed by atoms with van der Waals surface area (Å²) >= 11 is 0. The number of fused-ring (bicyclic) bond motifs is 4. The zero-order valence-electron chi connectivity index (χ0n) is 13.6. The van der Waals surface area contributed by atoms with E-state index in [4.69, 9.17) is 0 Å². The average Bonchev–Trinajstić information content (AvgIpc) is 3.05. The summed E-state index contributed by atoms with van der Waals surface area (Å²) in [7, 11) is 0. The second kappa shape index (κ2) is 5.41. The van der Waals surface area contributed by atoms with E-state index in [1.165, 1.54) is 16.6 Å². The van der Waals surface area contributed by atoms with E-state index in [1.807, 2.05) is 35.2 Å². The fourth-order valence-electron chi connectivity index (χ4n) is 3.62. The van der Waals surface area contributed by atoms with Crippen molar-refractivity contribution in [3.8, 4) is 0 Å². The van der Waals surface area contributed by atoms with Gasteiger partial charge in [0.05, 0.1) is 11.0 Å². The maximum atomic E-state index is 13.0. The number of nitrogens with zero attached hydrogens (tertiary/aromatic N) is 3. The molecular formula is C20H16N4O. The van der Waals surface area contributed by atoms with Crippen LogP contribution in [-0.4, -0.2) is 32.3 Å². The molecule has 1 amide bonds.